The molecule has 3 heteroatoms. The summed E-state index contributed by atoms with van der Waals surface area (Å²) in [6.45, 7) is 14.3. The zero-order valence-corrected chi connectivity index (χ0v) is 14.8. The Morgan fingerprint density at radius 3 is 2.62 bits per heavy atom. The van der Waals surface area contributed by atoms with Crippen LogP contribution >= 0.6 is 11.6 Å². The molecule has 21 heavy (non-hydrogen) atoms. The van der Waals surface area contributed by atoms with E-state index in [0.29, 0.717) is 0 Å². The molecule has 1 aromatic rings. The highest BCUT2D eigenvalue weighted by atomic mass is 35.5. The standard InChI is InChI=1S/C18H29ClN2/c1-13(2)14-9-10-21(12-14)17-8-6-7-16(19)15(17)11-20-18(3,4)5/h6-8,13-14,20H,9-12H2,1-5H3. The molecular weight excluding hydrogens is 280 g/mol. The van der Waals surface area contributed by atoms with Crippen molar-refractivity contribution in [3.63, 3.8) is 0 Å². The minimum absolute atomic E-state index is 0.0991. The first-order valence-electron chi connectivity index (χ1n) is 8.05. The molecule has 0 aromatic heterocycles. The molecule has 1 saturated heterocycles. The van der Waals surface area contributed by atoms with Crippen molar-refractivity contribution in [1.82, 2.24) is 5.32 Å². The van der Waals surface area contributed by atoms with Gasteiger partial charge in [-0.25, -0.2) is 0 Å². The molecule has 1 fully saturated rings. The van der Waals surface area contributed by atoms with Crippen molar-refractivity contribution in [2.45, 2.75) is 53.1 Å². The Morgan fingerprint density at radius 2 is 2.05 bits per heavy atom. The molecule has 1 aliphatic heterocycles. The third-order valence-corrected chi connectivity index (χ3v) is 4.75. The van der Waals surface area contributed by atoms with Crippen molar-refractivity contribution in [3.8, 4) is 0 Å². The second-order valence-electron chi connectivity index (χ2n) is 7.58. The highest BCUT2D eigenvalue weighted by Gasteiger charge is 2.27. The lowest BCUT2D eigenvalue weighted by atomic mass is 9.95. The van der Waals surface area contributed by atoms with Gasteiger partial charge in [-0.15, -0.1) is 0 Å². The summed E-state index contributed by atoms with van der Waals surface area (Å²) in [5.74, 6) is 1.55. The normalized spacial score (nSPS) is 19.6. The Morgan fingerprint density at radius 1 is 1.33 bits per heavy atom. The Labute approximate surface area is 134 Å². The van der Waals surface area contributed by atoms with Crippen molar-refractivity contribution in [2.24, 2.45) is 11.8 Å². The summed E-state index contributed by atoms with van der Waals surface area (Å²) in [5, 5.41) is 4.44. The fraction of sp³-hybridized carbons (Fsp3) is 0.667. The number of hydrogen-bond donors (Lipinski definition) is 1. The minimum atomic E-state index is 0.0991. The molecule has 1 aromatic carbocycles. The second kappa shape index (κ2) is 6.58. The van der Waals surface area contributed by atoms with Crippen LogP contribution in [0.1, 0.15) is 46.6 Å². The Hall–Kier alpha value is -0.730. The topological polar surface area (TPSA) is 15.3 Å². The number of hydrogen-bond acceptors (Lipinski definition) is 2. The summed E-state index contributed by atoms with van der Waals surface area (Å²) in [4.78, 5) is 2.51. The first-order valence-corrected chi connectivity index (χ1v) is 8.43. The van der Waals surface area contributed by atoms with Crippen molar-refractivity contribution >= 4 is 17.3 Å². The van der Waals surface area contributed by atoms with Crippen LogP contribution in [0.4, 0.5) is 5.69 Å². The molecule has 0 spiro atoms. The average molecular weight is 309 g/mol. The predicted octanol–water partition coefficient (Wildman–Crippen LogP) is 4.71. The molecule has 1 N–H and O–H groups in total. The van der Waals surface area contributed by atoms with Gasteiger partial charge in [-0.1, -0.05) is 31.5 Å². The molecule has 1 heterocycles. The van der Waals surface area contributed by atoms with Crippen LogP contribution < -0.4 is 10.2 Å². The van der Waals surface area contributed by atoms with E-state index < -0.39 is 0 Å². The van der Waals surface area contributed by atoms with Crippen LogP contribution in [0.5, 0.6) is 0 Å². The van der Waals surface area contributed by atoms with Crippen LogP contribution in [-0.4, -0.2) is 18.6 Å². The quantitative estimate of drug-likeness (QED) is 0.866. The number of anilines is 1. The second-order valence-corrected chi connectivity index (χ2v) is 7.99. The van der Waals surface area contributed by atoms with Gasteiger partial charge >= 0.3 is 0 Å². The fourth-order valence-electron chi connectivity index (χ4n) is 2.92. The van der Waals surface area contributed by atoms with Crippen molar-refractivity contribution in [2.75, 3.05) is 18.0 Å². The maximum atomic E-state index is 6.47. The number of benzene rings is 1. The summed E-state index contributed by atoms with van der Waals surface area (Å²) >= 11 is 6.47. The lowest BCUT2D eigenvalue weighted by Gasteiger charge is -2.26. The van der Waals surface area contributed by atoms with Gasteiger partial charge in [0, 0.05) is 41.4 Å². The minimum Gasteiger partial charge on any atom is -0.371 e. The van der Waals surface area contributed by atoms with E-state index in [9.17, 15) is 0 Å². The summed E-state index contributed by atoms with van der Waals surface area (Å²) in [6.07, 6.45) is 1.29. The van der Waals surface area contributed by atoms with Crippen LogP contribution in [0.2, 0.25) is 5.02 Å². The van der Waals surface area contributed by atoms with Crippen molar-refractivity contribution < 1.29 is 0 Å². The van der Waals surface area contributed by atoms with Gasteiger partial charge in [-0.2, -0.15) is 0 Å². The molecule has 0 aliphatic carbocycles. The van der Waals surface area contributed by atoms with E-state index in [-0.39, 0.29) is 5.54 Å². The fourth-order valence-corrected chi connectivity index (χ4v) is 3.16. The number of rotatable bonds is 4. The molecule has 2 rings (SSSR count). The van der Waals surface area contributed by atoms with Gasteiger partial charge in [0.05, 0.1) is 0 Å². The van der Waals surface area contributed by atoms with Crippen LogP contribution in [0.3, 0.4) is 0 Å². The highest BCUT2D eigenvalue weighted by Crippen LogP contribution is 2.33. The third-order valence-electron chi connectivity index (χ3n) is 4.40. The maximum absolute atomic E-state index is 6.47. The smallest absolute Gasteiger partial charge is 0.0471 e. The van der Waals surface area contributed by atoms with Crippen molar-refractivity contribution in [1.29, 1.82) is 0 Å². The van der Waals surface area contributed by atoms with Crippen LogP contribution in [0, 0.1) is 11.8 Å². The van der Waals surface area contributed by atoms with Gasteiger partial charge in [0.15, 0.2) is 0 Å². The van der Waals surface area contributed by atoms with Gasteiger partial charge in [0.25, 0.3) is 0 Å². The number of halogens is 1. The van der Waals surface area contributed by atoms with E-state index in [1.807, 2.05) is 6.07 Å². The number of nitrogens with zero attached hydrogens (tertiary/aromatic N) is 1. The predicted molar refractivity (Wildman–Crippen MR) is 93.2 cm³/mol. The van der Waals surface area contributed by atoms with E-state index in [1.165, 1.54) is 17.7 Å². The van der Waals surface area contributed by atoms with Crippen LogP contribution in [-0.2, 0) is 6.54 Å². The largest absolute Gasteiger partial charge is 0.371 e. The van der Waals surface area contributed by atoms with Gasteiger partial charge in [0.2, 0.25) is 0 Å². The maximum Gasteiger partial charge on any atom is 0.0471 e. The Bertz CT molecular complexity index is 477. The molecular formula is C18H29ClN2. The summed E-state index contributed by atoms with van der Waals surface area (Å²) in [6, 6.07) is 6.29. The Kier molecular flexibility index (Phi) is 5.21. The monoisotopic (exact) mass is 308 g/mol. The van der Waals surface area contributed by atoms with E-state index >= 15 is 0 Å². The highest BCUT2D eigenvalue weighted by molar-refractivity contribution is 6.31. The van der Waals surface area contributed by atoms with E-state index in [0.717, 1.165) is 36.5 Å². The molecule has 0 bridgehead atoms. The Balaban J connectivity index is 2.18. The summed E-state index contributed by atoms with van der Waals surface area (Å²) in [5.41, 5.74) is 2.64. The first-order chi connectivity index (χ1) is 9.78. The molecule has 1 unspecified atom stereocenters. The SMILES string of the molecule is CC(C)C1CCN(c2cccc(Cl)c2CNC(C)(C)C)C1. The summed E-state index contributed by atoms with van der Waals surface area (Å²) < 4.78 is 0. The molecule has 1 atom stereocenters. The molecule has 0 saturated carbocycles. The van der Waals surface area contributed by atoms with E-state index in [1.54, 1.807) is 0 Å². The average Bonchev–Trinajstić information content (AvgIpc) is 2.85. The molecule has 118 valence electrons. The van der Waals surface area contributed by atoms with Crippen molar-refractivity contribution in [3.05, 3.63) is 28.8 Å². The van der Waals surface area contributed by atoms with Gasteiger partial charge in [0.1, 0.15) is 0 Å². The summed E-state index contributed by atoms with van der Waals surface area (Å²) in [7, 11) is 0. The van der Waals surface area contributed by atoms with Gasteiger partial charge in [-0.05, 0) is 51.2 Å². The lowest BCUT2D eigenvalue weighted by molar-refractivity contribution is 0.421. The third kappa shape index (κ3) is 4.37. The molecule has 1 aliphatic rings. The molecule has 0 amide bonds. The van der Waals surface area contributed by atoms with Crippen LogP contribution in [0.25, 0.3) is 0 Å². The van der Waals surface area contributed by atoms with E-state index in [2.05, 4.69) is 57.0 Å². The van der Waals surface area contributed by atoms with Gasteiger partial charge < -0.3 is 10.2 Å². The molecule has 2 nitrogen and oxygen atoms in total. The zero-order valence-electron chi connectivity index (χ0n) is 14.0. The van der Waals surface area contributed by atoms with E-state index in [4.69, 9.17) is 11.6 Å². The zero-order chi connectivity index (χ0) is 15.6. The van der Waals surface area contributed by atoms with Gasteiger partial charge in [-0.3, -0.25) is 0 Å². The van der Waals surface area contributed by atoms with Crippen LogP contribution in [0.15, 0.2) is 18.2 Å². The first kappa shape index (κ1) is 16.6. The molecule has 0 radical (unpaired) electrons. The number of nitrogens with one attached hydrogen (secondary N) is 1. The lowest BCUT2D eigenvalue weighted by Crippen LogP contribution is -2.35.